The Morgan fingerprint density at radius 2 is 1.46 bits per heavy atom. The number of rotatable bonds is 4. The van der Waals surface area contributed by atoms with E-state index in [-0.39, 0.29) is 0 Å². The first-order chi connectivity index (χ1) is 11.4. The molecule has 0 heterocycles. The van der Waals surface area contributed by atoms with Gasteiger partial charge in [0.25, 0.3) is 10.0 Å². The van der Waals surface area contributed by atoms with Crippen LogP contribution in [0.15, 0.2) is 17.0 Å². The Morgan fingerprint density at radius 1 is 0.962 bits per heavy atom. The molecule has 0 radical (unpaired) electrons. The van der Waals surface area contributed by atoms with E-state index in [1.165, 1.54) is 0 Å². The molecule has 0 aliphatic rings. The highest BCUT2D eigenvalue weighted by Crippen LogP contribution is 2.43. The zero-order valence-electron chi connectivity index (χ0n) is 11.9. The summed E-state index contributed by atoms with van der Waals surface area (Å²) in [5, 5.41) is 0. The maximum absolute atomic E-state index is 13.8. The highest BCUT2D eigenvalue weighted by atomic mass is 32.3. The number of hydrogen-bond acceptors (Lipinski definition) is 4. The normalized spacial score (nSPS) is 14.2. The third kappa shape index (κ3) is 5.14. The van der Waals surface area contributed by atoms with Crippen molar-refractivity contribution < 1.29 is 57.2 Å². The molecule has 150 valence electrons. The van der Waals surface area contributed by atoms with Gasteiger partial charge in [0.1, 0.15) is 10.7 Å². The van der Waals surface area contributed by atoms with Crippen LogP contribution >= 0.6 is 11.9 Å². The molecule has 1 rings (SSSR count). The van der Waals surface area contributed by atoms with E-state index in [0.29, 0.717) is 7.11 Å². The fourth-order valence-corrected chi connectivity index (χ4v) is 3.79. The second-order valence-electron chi connectivity index (χ2n) is 4.25. The molecule has 0 aromatic heterocycles. The first-order valence-electron chi connectivity index (χ1n) is 5.74. The summed E-state index contributed by atoms with van der Waals surface area (Å²) >= 11 is -1.59. The van der Waals surface area contributed by atoms with Crippen LogP contribution in [0.2, 0.25) is 0 Å². The van der Waals surface area contributed by atoms with Gasteiger partial charge in [-0.2, -0.15) is 39.5 Å². The average molecular weight is 441 g/mol. The Balaban J connectivity index is 3.75. The number of benzene rings is 1. The molecule has 0 spiro atoms. The van der Waals surface area contributed by atoms with Gasteiger partial charge in [0.15, 0.2) is 0 Å². The van der Waals surface area contributed by atoms with Gasteiger partial charge in [0.05, 0.1) is 30.2 Å². The monoisotopic (exact) mass is 441 g/mol. The molecule has 1 aromatic rings. The van der Waals surface area contributed by atoms with Crippen molar-refractivity contribution in [1.29, 1.82) is 0 Å². The van der Waals surface area contributed by atoms with Crippen LogP contribution in [0.25, 0.3) is 0 Å². The minimum absolute atomic E-state index is 0.311. The Bertz CT molecular complexity index is 769. The SMILES string of the molecule is CON(SC(F)(F)F)S(=O)(=O)c1c(F)cc(C(F)(F)F)cc1C(F)(F)F. The van der Waals surface area contributed by atoms with Crippen molar-refractivity contribution in [3.8, 4) is 0 Å². The summed E-state index contributed by atoms with van der Waals surface area (Å²) in [6.07, 6.45) is -11.3. The molecule has 0 saturated carbocycles. The van der Waals surface area contributed by atoms with E-state index in [1.807, 2.05) is 0 Å². The van der Waals surface area contributed by atoms with Gasteiger partial charge < -0.3 is 0 Å². The van der Waals surface area contributed by atoms with Gasteiger partial charge in [-0.15, -0.1) is 0 Å². The number of sulfonamides is 1. The molecule has 0 bridgehead atoms. The summed E-state index contributed by atoms with van der Waals surface area (Å²) < 4.78 is 150. The number of nitrogens with zero attached hydrogens (tertiary/aromatic N) is 1. The van der Waals surface area contributed by atoms with Crippen LogP contribution in [-0.2, 0) is 27.2 Å². The highest BCUT2D eigenvalue weighted by molar-refractivity contribution is 8.08. The fourth-order valence-electron chi connectivity index (χ4n) is 1.57. The predicted molar refractivity (Wildman–Crippen MR) is 66.1 cm³/mol. The lowest BCUT2D eigenvalue weighted by Gasteiger charge is -2.22. The van der Waals surface area contributed by atoms with Crippen molar-refractivity contribution in [3.05, 3.63) is 29.1 Å². The number of alkyl halides is 9. The van der Waals surface area contributed by atoms with E-state index in [2.05, 4.69) is 4.84 Å². The summed E-state index contributed by atoms with van der Waals surface area (Å²) in [7, 11) is -5.69. The number of halogens is 10. The summed E-state index contributed by atoms with van der Waals surface area (Å²) in [4.78, 5) is 1.35. The lowest BCUT2D eigenvalue weighted by molar-refractivity contribution is -0.145. The topological polar surface area (TPSA) is 46.6 Å². The molecule has 1 aromatic carbocycles. The molecular formula is C10H5F10NO3S2. The molecule has 0 aliphatic heterocycles. The van der Waals surface area contributed by atoms with Crippen LogP contribution in [0.3, 0.4) is 0 Å². The maximum atomic E-state index is 13.8. The predicted octanol–water partition coefficient (Wildman–Crippen LogP) is 4.58. The highest BCUT2D eigenvalue weighted by Gasteiger charge is 2.47. The summed E-state index contributed by atoms with van der Waals surface area (Å²) in [5.74, 6) is -2.56. The minimum Gasteiger partial charge on any atom is -0.277 e. The molecule has 26 heavy (non-hydrogen) atoms. The van der Waals surface area contributed by atoms with Crippen molar-refractivity contribution in [3.63, 3.8) is 0 Å². The molecule has 0 unspecified atom stereocenters. The van der Waals surface area contributed by atoms with Crippen LogP contribution in [0.4, 0.5) is 43.9 Å². The molecular weight excluding hydrogens is 436 g/mol. The van der Waals surface area contributed by atoms with E-state index in [0.717, 1.165) is 0 Å². The summed E-state index contributed by atoms with van der Waals surface area (Å²) in [6.45, 7) is 0. The van der Waals surface area contributed by atoms with Crippen LogP contribution in [0, 0.1) is 5.82 Å². The zero-order valence-corrected chi connectivity index (χ0v) is 13.6. The van der Waals surface area contributed by atoms with Crippen LogP contribution in [-0.4, -0.2) is 24.9 Å². The zero-order chi connectivity index (χ0) is 20.7. The molecule has 0 atom stereocenters. The second-order valence-corrected chi connectivity index (χ2v) is 7.15. The van der Waals surface area contributed by atoms with Crippen LogP contribution in [0.5, 0.6) is 0 Å². The minimum atomic E-state index is -6.00. The Kier molecular flexibility index (Phi) is 6.17. The lowest BCUT2D eigenvalue weighted by Crippen LogP contribution is -2.30. The molecule has 0 amide bonds. The Labute approximate surface area is 142 Å². The van der Waals surface area contributed by atoms with Gasteiger partial charge in [-0.25, -0.2) is 12.8 Å². The van der Waals surface area contributed by atoms with Gasteiger partial charge in [0, 0.05) is 0 Å². The molecule has 16 heteroatoms. The van der Waals surface area contributed by atoms with Crippen LogP contribution < -0.4 is 0 Å². The van der Waals surface area contributed by atoms with Gasteiger partial charge in [-0.1, -0.05) is 0 Å². The summed E-state index contributed by atoms with van der Waals surface area (Å²) in [5.41, 5.74) is -10.2. The Hall–Kier alpha value is -1.26. The van der Waals surface area contributed by atoms with Crippen molar-refractivity contribution in [2.45, 2.75) is 22.8 Å². The molecule has 0 saturated heterocycles. The van der Waals surface area contributed by atoms with E-state index in [9.17, 15) is 52.3 Å². The lowest BCUT2D eigenvalue weighted by atomic mass is 10.1. The van der Waals surface area contributed by atoms with Gasteiger partial charge in [-0.05, 0) is 16.0 Å². The van der Waals surface area contributed by atoms with Gasteiger partial charge in [0.2, 0.25) is 0 Å². The molecule has 0 aliphatic carbocycles. The van der Waals surface area contributed by atoms with Gasteiger partial charge in [-0.3, -0.25) is 4.84 Å². The fraction of sp³-hybridized carbons (Fsp3) is 0.400. The van der Waals surface area contributed by atoms with Crippen molar-refractivity contribution in [2.75, 3.05) is 7.11 Å². The Morgan fingerprint density at radius 3 is 1.81 bits per heavy atom. The first-order valence-corrected chi connectivity index (χ1v) is 7.96. The molecule has 4 nitrogen and oxygen atoms in total. The smallest absolute Gasteiger partial charge is 0.277 e. The standard InChI is InChI=1S/C10H5F10NO3S2/c1-24-21(25-10(18,19)20)26(22,23)7-5(9(15,16)17)2-4(3-6(7)11)8(12,13)14/h2-3H,1H3. The van der Waals surface area contributed by atoms with Crippen molar-refractivity contribution in [1.82, 2.24) is 3.87 Å². The van der Waals surface area contributed by atoms with E-state index < -0.39 is 77.7 Å². The third-order valence-electron chi connectivity index (χ3n) is 2.46. The van der Waals surface area contributed by atoms with E-state index >= 15 is 0 Å². The third-order valence-corrected chi connectivity index (χ3v) is 5.25. The quantitative estimate of drug-likeness (QED) is 0.390. The van der Waals surface area contributed by atoms with E-state index in [4.69, 9.17) is 0 Å². The van der Waals surface area contributed by atoms with Crippen LogP contribution in [0.1, 0.15) is 11.1 Å². The van der Waals surface area contributed by atoms with Crippen molar-refractivity contribution in [2.24, 2.45) is 0 Å². The van der Waals surface area contributed by atoms with E-state index in [1.54, 1.807) is 0 Å². The number of hydrogen-bond donors (Lipinski definition) is 0. The molecule has 0 N–H and O–H groups in total. The largest absolute Gasteiger partial charge is 0.459 e. The average Bonchev–Trinajstić information content (AvgIpc) is 2.40. The maximum Gasteiger partial charge on any atom is 0.459 e. The molecule has 0 fully saturated rings. The summed E-state index contributed by atoms with van der Waals surface area (Å²) in [6, 6.07) is -1.32. The van der Waals surface area contributed by atoms with Crippen molar-refractivity contribution >= 4 is 22.0 Å². The second kappa shape index (κ2) is 7.05. The first kappa shape index (κ1) is 22.8. The van der Waals surface area contributed by atoms with Gasteiger partial charge >= 0.3 is 17.9 Å².